The second-order valence-electron chi connectivity index (χ2n) is 5.37. The normalized spacial score (nSPS) is 20.6. The van der Waals surface area contributed by atoms with Crippen molar-refractivity contribution in [3.8, 4) is 0 Å². The van der Waals surface area contributed by atoms with E-state index in [9.17, 15) is 18.8 Å². The molecule has 124 valence electrons. The molecule has 23 heavy (non-hydrogen) atoms. The highest BCUT2D eigenvalue weighted by Gasteiger charge is 2.47. The smallest absolute Gasteiger partial charge is 0.326 e. The van der Waals surface area contributed by atoms with E-state index in [4.69, 9.17) is 16.3 Å². The Morgan fingerprint density at radius 3 is 2.70 bits per heavy atom. The van der Waals surface area contributed by atoms with Crippen LogP contribution in [0.1, 0.15) is 25.8 Å². The van der Waals surface area contributed by atoms with Gasteiger partial charge in [0.1, 0.15) is 24.5 Å². The van der Waals surface area contributed by atoms with Gasteiger partial charge >= 0.3 is 12.0 Å². The third-order valence-electron chi connectivity index (χ3n) is 3.78. The molecule has 1 aromatic carbocycles. The van der Waals surface area contributed by atoms with Crippen molar-refractivity contribution >= 4 is 29.5 Å². The van der Waals surface area contributed by atoms with E-state index >= 15 is 0 Å². The summed E-state index contributed by atoms with van der Waals surface area (Å²) in [6.45, 7) is 2.42. The zero-order chi connectivity index (χ0) is 17.2. The van der Waals surface area contributed by atoms with Gasteiger partial charge in [-0.1, -0.05) is 24.6 Å². The minimum absolute atomic E-state index is 0.0399. The lowest BCUT2D eigenvalue weighted by Gasteiger charge is -2.18. The molecule has 1 saturated heterocycles. The zero-order valence-electron chi connectivity index (χ0n) is 12.7. The molecule has 1 aliphatic heterocycles. The quantitative estimate of drug-likeness (QED) is 0.657. The van der Waals surface area contributed by atoms with E-state index in [1.54, 1.807) is 13.8 Å². The minimum atomic E-state index is -1.02. The van der Waals surface area contributed by atoms with Gasteiger partial charge in [0.25, 0.3) is 5.91 Å². The standard InChI is InChI=1S/C15H16ClFN2O4/c1-3-15(2)13(21)19(14(22)18-15)7-12(20)23-8-9-10(16)5-4-6-11(9)17/h4-6H,3,7-8H2,1-2H3,(H,18,22)/t15-/m0/s1. The van der Waals surface area contributed by atoms with Crippen molar-refractivity contribution in [3.63, 3.8) is 0 Å². The molecule has 2 rings (SSSR count). The van der Waals surface area contributed by atoms with E-state index in [1.165, 1.54) is 18.2 Å². The van der Waals surface area contributed by atoms with Gasteiger partial charge in [-0.2, -0.15) is 0 Å². The Balaban J connectivity index is 1.98. The van der Waals surface area contributed by atoms with Gasteiger partial charge < -0.3 is 10.1 Å². The van der Waals surface area contributed by atoms with E-state index in [-0.39, 0.29) is 17.2 Å². The van der Waals surface area contributed by atoms with Crippen LogP contribution in [0, 0.1) is 5.82 Å². The lowest BCUT2D eigenvalue weighted by Crippen LogP contribution is -2.43. The maximum Gasteiger partial charge on any atom is 0.326 e. The highest BCUT2D eigenvalue weighted by atomic mass is 35.5. The summed E-state index contributed by atoms with van der Waals surface area (Å²) in [6, 6.07) is 3.44. The van der Waals surface area contributed by atoms with Crippen molar-refractivity contribution < 1.29 is 23.5 Å². The lowest BCUT2D eigenvalue weighted by molar-refractivity contribution is -0.148. The van der Waals surface area contributed by atoms with Gasteiger partial charge in [-0.25, -0.2) is 9.18 Å². The van der Waals surface area contributed by atoms with Gasteiger partial charge in [-0.15, -0.1) is 0 Å². The number of imide groups is 1. The number of halogens is 2. The third-order valence-corrected chi connectivity index (χ3v) is 4.13. The fraction of sp³-hybridized carbons (Fsp3) is 0.400. The number of amides is 3. The first-order valence-electron chi connectivity index (χ1n) is 7.01. The number of urea groups is 1. The second-order valence-corrected chi connectivity index (χ2v) is 5.78. The van der Waals surface area contributed by atoms with Crippen LogP contribution in [-0.4, -0.2) is 34.9 Å². The molecule has 6 nitrogen and oxygen atoms in total. The maximum atomic E-state index is 13.6. The highest BCUT2D eigenvalue weighted by Crippen LogP contribution is 2.22. The van der Waals surface area contributed by atoms with Gasteiger partial charge in [0.15, 0.2) is 0 Å². The Hall–Kier alpha value is -2.15. The van der Waals surface area contributed by atoms with Gasteiger partial charge in [-0.05, 0) is 25.5 Å². The monoisotopic (exact) mass is 342 g/mol. The van der Waals surface area contributed by atoms with Crippen molar-refractivity contribution in [1.29, 1.82) is 0 Å². The molecule has 0 spiro atoms. The molecule has 0 bridgehead atoms. The first-order chi connectivity index (χ1) is 10.8. The molecule has 1 aliphatic rings. The number of nitrogens with one attached hydrogen (secondary N) is 1. The Morgan fingerprint density at radius 2 is 2.13 bits per heavy atom. The number of rotatable bonds is 5. The van der Waals surface area contributed by atoms with Crippen molar-refractivity contribution in [2.24, 2.45) is 0 Å². The Morgan fingerprint density at radius 1 is 1.43 bits per heavy atom. The van der Waals surface area contributed by atoms with Crippen LogP contribution < -0.4 is 5.32 Å². The largest absolute Gasteiger partial charge is 0.459 e. The number of carbonyl (C=O) groups is 3. The van der Waals surface area contributed by atoms with Crippen LogP contribution in [0.2, 0.25) is 5.02 Å². The van der Waals surface area contributed by atoms with E-state index in [2.05, 4.69) is 5.32 Å². The van der Waals surface area contributed by atoms with Crippen molar-refractivity contribution in [2.45, 2.75) is 32.4 Å². The predicted molar refractivity (Wildman–Crippen MR) is 80.1 cm³/mol. The average Bonchev–Trinajstić information content (AvgIpc) is 2.71. The van der Waals surface area contributed by atoms with E-state index in [1.807, 2.05) is 0 Å². The van der Waals surface area contributed by atoms with Gasteiger partial charge in [0, 0.05) is 5.56 Å². The van der Waals surface area contributed by atoms with Gasteiger partial charge in [-0.3, -0.25) is 14.5 Å². The average molecular weight is 343 g/mol. The lowest BCUT2D eigenvalue weighted by atomic mass is 9.99. The van der Waals surface area contributed by atoms with Crippen LogP contribution in [0.3, 0.4) is 0 Å². The molecule has 0 unspecified atom stereocenters. The summed E-state index contributed by atoms with van der Waals surface area (Å²) in [5.41, 5.74) is -0.982. The first-order valence-corrected chi connectivity index (χ1v) is 7.39. The summed E-state index contributed by atoms with van der Waals surface area (Å²) in [7, 11) is 0. The summed E-state index contributed by atoms with van der Waals surface area (Å²) >= 11 is 5.83. The third kappa shape index (κ3) is 3.44. The molecule has 8 heteroatoms. The summed E-state index contributed by atoms with van der Waals surface area (Å²) in [5.74, 6) is -1.92. The van der Waals surface area contributed by atoms with Crippen LogP contribution in [0.5, 0.6) is 0 Å². The van der Waals surface area contributed by atoms with Crippen molar-refractivity contribution in [1.82, 2.24) is 10.2 Å². The Kier molecular flexibility index (Phi) is 4.89. The van der Waals surface area contributed by atoms with Crippen molar-refractivity contribution in [2.75, 3.05) is 6.54 Å². The topological polar surface area (TPSA) is 75.7 Å². The minimum Gasteiger partial charge on any atom is -0.459 e. The Labute approximate surface area is 137 Å². The zero-order valence-corrected chi connectivity index (χ0v) is 13.4. The molecule has 1 N–H and O–H groups in total. The summed E-state index contributed by atoms with van der Waals surface area (Å²) in [4.78, 5) is 36.5. The fourth-order valence-electron chi connectivity index (χ4n) is 2.13. The van der Waals surface area contributed by atoms with Crippen LogP contribution in [0.15, 0.2) is 18.2 Å². The predicted octanol–water partition coefficient (Wildman–Crippen LogP) is 2.24. The molecule has 0 aromatic heterocycles. The van der Waals surface area contributed by atoms with E-state index in [0.717, 1.165) is 4.90 Å². The number of carbonyl (C=O) groups excluding carboxylic acids is 3. The van der Waals surface area contributed by atoms with E-state index in [0.29, 0.717) is 6.42 Å². The van der Waals surface area contributed by atoms with Gasteiger partial charge in [0.05, 0.1) is 5.02 Å². The van der Waals surface area contributed by atoms with Crippen LogP contribution >= 0.6 is 11.6 Å². The molecule has 1 aromatic rings. The molecule has 1 fully saturated rings. The van der Waals surface area contributed by atoms with Crippen LogP contribution in [-0.2, 0) is 20.9 Å². The van der Waals surface area contributed by atoms with Crippen LogP contribution in [0.4, 0.5) is 9.18 Å². The molecule has 1 heterocycles. The second kappa shape index (κ2) is 6.54. The van der Waals surface area contributed by atoms with Crippen LogP contribution in [0.25, 0.3) is 0 Å². The summed E-state index contributed by atoms with van der Waals surface area (Å²) < 4.78 is 18.5. The van der Waals surface area contributed by atoms with E-state index < -0.39 is 35.8 Å². The molecular formula is C15H16ClFN2O4. The number of benzene rings is 1. The number of esters is 1. The fourth-order valence-corrected chi connectivity index (χ4v) is 2.35. The SMILES string of the molecule is CC[C@]1(C)NC(=O)N(CC(=O)OCc2c(F)cccc2Cl)C1=O. The number of hydrogen-bond donors (Lipinski definition) is 1. The molecule has 0 aliphatic carbocycles. The molecular weight excluding hydrogens is 327 g/mol. The number of hydrogen-bond acceptors (Lipinski definition) is 4. The molecule has 0 saturated carbocycles. The number of nitrogens with zero attached hydrogens (tertiary/aromatic N) is 1. The maximum absolute atomic E-state index is 13.6. The van der Waals surface area contributed by atoms with Crippen molar-refractivity contribution in [3.05, 3.63) is 34.6 Å². The highest BCUT2D eigenvalue weighted by molar-refractivity contribution is 6.31. The molecule has 1 atom stereocenters. The summed E-state index contributed by atoms with van der Waals surface area (Å²) in [6.07, 6.45) is 0.397. The Bertz CT molecular complexity index is 647. The molecule has 3 amide bonds. The first kappa shape index (κ1) is 17.2. The summed E-state index contributed by atoms with van der Waals surface area (Å²) in [5, 5.41) is 2.66. The molecule has 0 radical (unpaired) electrons. The van der Waals surface area contributed by atoms with Gasteiger partial charge in [0.2, 0.25) is 0 Å². The number of ether oxygens (including phenoxy) is 1.